The van der Waals surface area contributed by atoms with E-state index in [-0.39, 0.29) is 24.2 Å². The number of aromatic nitrogens is 2. The lowest BCUT2D eigenvalue weighted by atomic mass is 10.1. The summed E-state index contributed by atoms with van der Waals surface area (Å²) >= 11 is 6.11. The van der Waals surface area contributed by atoms with Gasteiger partial charge in [0.25, 0.3) is 0 Å². The van der Waals surface area contributed by atoms with E-state index >= 15 is 0 Å². The van der Waals surface area contributed by atoms with E-state index in [1.807, 2.05) is 32.9 Å². The lowest BCUT2D eigenvalue weighted by molar-refractivity contribution is -0.122. The van der Waals surface area contributed by atoms with Gasteiger partial charge in [0, 0.05) is 17.1 Å². The zero-order valence-electron chi connectivity index (χ0n) is 13.3. The molecule has 1 aliphatic rings. The van der Waals surface area contributed by atoms with Gasteiger partial charge < -0.3 is 0 Å². The molecule has 0 aliphatic carbocycles. The first-order chi connectivity index (χ1) is 10.9. The molecule has 0 saturated carbocycles. The van der Waals surface area contributed by atoms with Crippen LogP contribution in [0.25, 0.3) is 0 Å². The van der Waals surface area contributed by atoms with Gasteiger partial charge in [0.2, 0.25) is 11.8 Å². The van der Waals surface area contributed by atoms with Gasteiger partial charge in [0.1, 0.15) is 0 Å². The van der Waals surface area contributed by atoms with Crippen molar-refractivity contribution in [3.05, 3.63) is 46.2 Å². The van der Waals surface area contributed by atoms with Crippen molar-refractivity contribution < 1.29 is 9.59 Å². The summed E-state index contributed by atoms with van der Waals surface area (Å²) in [6.07, 6.45) is 0.197. The molecular weight excluding hydrogens is 314 g/mol. The Morgan fingerprint density at radius 3 is 2.57 bits per heavy atom. The number of halogens is 1. The van der Waals surface area contributed by atoms with Crippen molar-refractivity contribution >= 4 is 29.1 Å². The second-order valence-corrected chi connectivity index (χ2v) is 6.42. The van der Waals surface area contributed by atoms with Crippen LogP contribution in [-0.2, 0) is 16.1 Å². The van der Waals surface area contributed by atoms with E-state index in [4.69, 9.17) is 11.6 Å². The topological polar surface area (TPSA) is 55.2 Å². The fraction of sp³-hybridized carbons (Fsp3) is 0.353. The van der Waals surface area contributed by atoms with Crippen molar-refractivity contribution in [3.8, 4) is 0 Å². The Labute approximate surface area is 139 Å². The number of anilines is 1. The number of amides is 2. The minimum Gasteiger partial charge on any atom is -0.274 e. The first kappa shape index (κ1) is 15.7. The Balaban J connectivity index is 1.85. The fourth-order valence-electron chi connectivity index (χ4n) is 2.90. The molecule has 1 atom stereocenters. The van der Waals surface area contributed by atoms with Crippen molar-refractivity contribution in [2.24, 2.45) is 5.92 Å². The highest BCUT2D eigenvalue weighted by molar-refractivity contribution is 6.32. The lowest BCUT2D eigenvalue weighted by Crippen LogP contribution is -2.31. The first-order valence-electron chi connectivity index (χ1n) is 7.51. The Morgan fingerprint density at radius 2 is 1.96 bits per heavy atom. The summed E-state index contributed by atoms with van der Waals surface area (Å²) in [4.78, 5) is 26.2. The molecule has 1 fully saturated rings. The van der Waals surface area contributed by atoms with E-state index in [2.05, 4.69) is 5.10 Å². The Hall–Kier alpha value is -2.14. The van der Waals surface area contributed by atoms with Crippen LogP contribution in [0.2, 0.25) is 5.02 Å². The highest BCUT2D eigenvalue weighted by atomic mass is 35.5. The van der Waals surface area contributed by atoms with Gasteiger partial charge in [-0.05, 0) is 44.5 Å². The third-order valence-electron chi connectivity index (χ3n) is 4.15. The molecule has 2 heterocycles. The number of carbonyl (C=O) groups excluding carboxylic acids is 2. The highest BCUT2D eigenvalue weighted by Gasteiger charge is 2.40. The Kier molecular flexibility index (Phi) is 3.98. The van der Waals surface area contributed by atoms with Gasteiger partial charge in [-0.2, -0.15) is 5.10 Å². The molecule has 0 radical (unpaired) electrons. The largest absolute Gasteiger partial charge is 0.274 e. The summed E-state index contributed by atoms with van der Waals surface area (Å²) in [5.41, 5.74) is 3.33. The molecule has 6 heteroatoms. The second kappa shape index (κ2) is 5.81. The van der Waals surface area contributed by atoms with Gasteiger partial charge in [-0.3, -0.25) is 19.2 Å². The van der Waals surface area contributed by atoms with Gasteiger partial charge in [-0.1, -0.05) is 17.7 Å². The van der Waals surface area contributed by atoms with Crippen molar-refractivity contribution in [1.82, 2.24) is 9.78 Å². The summed E-state index contributed by atoms with van der Waals surface area (Å²) in [5.74, 6) is -0.774. The molecule has 0 spiro atoms. The maximum absolute atomic E-state index is 12.7. The second-order valence-electron chi connectivity index (χ2n) is 6.01. The number of hydrogen-bond donors (Lipinski definition) is 0. The quantitative estimate of drug-likeness (QED) is 0.812. The van der Waals surface area contributed by atoms with Gasteiger partial charge in [-0.15, -0.1) is 0 Å². The number of imide groups is 1. The monoisotopic (exact) mass is 331 g/mol. The molecule has 5 nitrogen and oxygen atoms in total. The van der Waals surface area contributed by atoms with Crippen molar-refractivity contribution in [1.29, 1.82) is 0 Å². The smallest absolute Gasteiger partial charge is 0.239 e. The summed E-state index contributed by atoms with van der Waals surface area (Å²) in [6, 6.07) is 7.19. The molecule has 1 aromatic heterocycles. The van der Waals surface area contributed by atoms with E-state index in [1.54, 1.807) is 16.8 Å². The van der Waals surface area contributed by atoms with Crippen LogP contribution in [0.15, 0.2) is 24.3 Å². The summed E-state index contributed by atoms with van der Waals surface area (Å²) in [6.45, 7) is 6.15. The molecule has 0 bridgehead atoms. The maximum Gasteiger partial charge on any atom is 0.239 e. The van der Waals surface area contributed by atoms with Gasteiger partial charge in [0.15, 0.2) is 0 Å². The third kappa shape index (κ3) is 2.88. The van der Waals surface area contributed by atoms with Crippen LogP contribution in [0.4, 0.5) is 5.69 Å². The Morgan fingerprint density at radius 1 is 1.22 bits per heavy atom. The van der Waals surface area contributed by atoms with Crippen LogP contribution in [0.1, 0.15) is 23.4 Å². The molecule has 1 aromatic carbocycles. The molecule has 0 N–H and O–H groups in total. The zero-order valence-corrected chi connectivity index (χ0v) is 14.1. The minimum absolute atomic E-state index is 0.192. The van der Waals surface area contributed by atoms with E-state index < -0.39 is 0 Å². The van der Waals surface area contributed by atoms with Crippen molar-refractivity contribution in [3.63, 3.8) is 0 Å². The number of benzene rings is 1. The number of rotatable bonds is 3. The molecule has 2 amide bonds. The SMILES string of the molecule is Cc1cc(C)n(C[C@H]2CC(=O)N(c3ccc(C)c(Cl)c3)C2=O)n1. The summed E-state index contributed by atoms with van der Waals surface area (Å²) < 4.78 is 1.79. The summed E-state index contributed by atoms with van der Waals surface area (Å²) in [7, 11) is 0. The highest BCUT2D eigenvalue weighted by Crippen LogP contribution is 2.30. The van der Waals surface area contributed by atoms with Crippen LogP contribution in [0.3, 0.4) is 0 Å². The summed E-state index contributed by atoms with van der Waals surface area (Å²) in [5, 5.41) is 4.92. The molecule has 1 saturated heterocycles. The number of nitrogens with zero attached hydrogens (tertiary/aromatic N) is 3. The maximum atomic E-state index is 12.7. The normalized spacial score (nSPS) is 18.1. The standard InChI is InChI=1S/C17H18ClN3O2/c1-10-4-5-14(8-15(10)18)21-16(22)7-13(17(21)23)9-20-12(3)6-11(2)19-20/h4-6,8,13H,7,9H2,1-3H3/t13-/m1/s1. The van der Waals surface area contributed by atoms with Crippen LogP contribution >= 0.6 is 11.6 Å². The van der Waals surface area contributed by atoms with E-state index in [1.165, 1.54) is 4.90 Å². The molecule has 23 heavy (non-hydrogen) atoms. The van der Waals surface area contributed by atoms with Crippen molar-refractivity contribution in [2.75, 3.05) is 4.90 Å². The van der Waals surface area contributed by atoms with Crippen LogP contribution in [-0.4, -0.2) is 21.6 Å². The number of carbonyl (C=O) groups is 2. The third-order valence-corrected chi connectivity index (χ3v) is 4.56. The van der Waals surface area contributed by atoms with E-state index in [0.29, 0.717) is 17.3 Å². The number of aryl methyl sites for hydroxylation is 3. The molecule has 3 rings (SSSR count). The average molecular weight is 332 g/mol. The van der Waals surface area contributed by atoms with Gasteiger partial charge in [-0.25, -0.2) is 0 Å². The molecule has 0 unspecified atom stereocenters. The number of hydrogen-bond acceptors (Lipinski definition) is 3. The fourth-order valence-corrected chi connectivity index (χ4v) is 3.07. The first-order valence-corrected chi connectivity index (χ1v) is 7.88. The molecule has 2 aromatic rings. The predicted octanol–water partition coefficient (Wildman–Crippen LogP) is 3.04. The lowest BCUT2D eigenvalue weighted by Gasteiger charge is -2.16. The van der Waals surface area contributed by atoms with E-state index in [0.717, 1.165) is 17.0 Å². The van der Waals surface area contributed by atoms with Gasteiger partial charge in [0.05, 0.1) is 23.8 Å². The zero-order chi connectivity index (χ0) is 16.7. The van der Waals surface area contributed by atoms with Crippen LogP contribution in [0, 0.1) is 26.7 Å². The predicted molar refractivity (Wildman–Crippen MR) is 88.5 cm³/mol. The van der Waals surface area contributed by atoms with Crippen molar-refractivity contribution in [2.45, 2.75) is 33.7 Å². The van der Waals surface area contributed by atoms with Gasteiger partial charge >= 0.3 is 0 Å². The molecular formula is C17H18ClN3O2. The van der Waals surface area contributed by atoms with Crippen LogP contribution in [0.5, 0.6) is 0 Å². The molecule has 1 aliphatic heterocycles. The minimum atomic E-state index is -0.388. The van der Waals surface area contributed by atoms with Crippen LogP contribution < -0.4 is 4.90 Å². The molecule has 120 valence electrons. The van der Waals surface area contributed by atoms with E-state index in [9.17, 15) is 9.59 Å². The average Bonchev–Trinajstić information content (AvgIpc) is 2.93. The Bertz CT molecular complexity index is 797.